The molecule has 0 saturated heterocycles. The van der Waals surface area contributed by atoms with Crippen LogP contribution >= 0.6 is 0 Å². The molecule has 0 aliphatic rings. The van der Waals surface area contributed by atoms with Crippen molar-refractivity contribution in [2.75, 3.05) is 0 Å². The first-order valence-electron chi connectivity index (χ1n) is 5.70. The van der Waals surface area contributed by atoms with Gasteiger partial charge in [-0.2, -0.15) is 0 Å². The van der Waals surface area contributed by atoms with Crippen LogP contribution in [-0.4, -0.2) is 10.8 Å². The van der Waals surface area contributed by atoms with E-state index in [0.717, 1.165) is 18.4 Å². The van der Waals surface area contributed by atoms with E-state index in [1.54, 1.807) is 6.20 Å². The van der Waals surface area contributed by atoms with Crippen LogP contribution < -0.4 is 0 Å². The summed E-state index contributed by atoms with van der Waals surface area (Å²) >= 11 is 0. The maximum absolute atomic E-state index is 11.7. The van der Waals surface area contributed by atoms with Crippen LogP contribution in [0.25, 0.3) is 0 Å². The molecule has 0 saturated carbocycles. The predicted molar refractivity (Wildman–Crippen MR) is 62.1 cm³/mol. The van der Waals surface area contributed by atoms with Gasteiger partial charge in [0.2, 0.25) is 0 Å². The molecule has 0 radical (unpaired) electrons. The number of carbonyl (C=O) groups is 1. The van der Waals surface area contributed by atoms with Crippen LogP contribution in [0.2, 0.25) is 0 Å². The average molecular weight is 205 g/mol. The number of Topliss-reactive ketones (excluding diaryl/α,β-unsaturated/α-hetero) is 1. The van der Waals surface area contributed by atoms with Crippen molar-refractivity contribution < 1.29 is 4.79 Å². The number of aryl methyl sites for hydroxylation is 1. The van der Waals surface area contributed by atoms with Crippen molar-refractivity contribution in [3.05, 3.63) is 29.6 Å². The van der Waals surface area contributed by atoms with Gasteiger partial charge >= 0.3 is 0 Å². The summed E-state index contributed by atoms with van der Waals surface area (Å²) < 4.78 is 0. The first-order chi connectivity index (χ1) is 7.24. The van der Waals surface area contributed by atoms with Crippen LogP contribution in [0, 0.1) is 6.92 Å². The van der Waals surface area contributed by atoms with Crippen molar-refractivity contribution in [3.8, 4) is 0 Å². The number of ketones is 1. The van der Waals surface area contributed by atoms with E-state index in [2.05, 4.69) is 11.9 Å². The van der Waals surface area contributed by atoms with E-state index < -0.39 is 0 Å². The molecule has 0 unspecified atom stereocenters. The van der Waals surface area contributed by atoms with Crippen LogP contribution in [-0.2, 0) is 0 Å². The highest BCUT2D eigenvalue weighted by molar-refractivity contribution is 5.94. The predicted octanol–water partition coefficient (Wildman–Crippen LogP) is 3.54. The van der Waals surface area contributed by atoms with Crippen molar-refractivity contribution in [2.24, 2.45) is 0 Å². The smallest absolute Gasteiger partial charge is 0.181 e. The van der Waals surface area contributed by atoms with Crippen molar-refractivity contribution in [1.82, 2.24) is 4.98 Å². The molecule has 0 atom stereocenters. The molecule has 0 bridgehead atoms. The van der Waals surface area contributed by atoms with Gasteiger partial charge in [-0.25, -0.2) is 0 Å². The second-order valence-corrected chi connectivity index (χ2v) is 3.95. The number of rotatable bonds is 6. The Kier molecular flexibility index (Phi) is 5.02. The lowest BCUT2D eigenvalue weighted by atomic mass is 10.1. The Balaban J connectivity index is 2.37. The van der Waals surface area contributed by atoms with Gasteiger partial charge in [0.1, 0.15) is 5.69 Å². The fourth-order valence-electron chi connectivity index (χ4n) is 1.47. The largest absolute Gasteiger partial charge is 0.292 e. The van der Waals surface area contributed by atoms with E-state index in [4.69, 9.17) is 0 Å². The molecule has 0 N–H and O–H groups in total. The molecule has 15 heavy (non-hydrogen) atoms. The van der Waals surface area contributed by atoms with Crippen LogP contribution in [0.1, 0.15) is 55.1 Å². The third-order valence-electron chi connectivity index (χ3n) is 2.45. The number of pyridine rings is 1. The lowest BCUT2D eigenvalue weighted by molar-refractivity contribution is 0.0974. The molecule has 0 aromatic carbocycles. The van der Waals surface area contributed by atoms with Gasteiger partial charge in [0.15, 0.2) is 5.78 Å². The van der Waals surface area contributed by atoms with Gasteiger partial charge in [-0.3, -0.25) is 9.78 Å². The fourth-order valence-corrected chi connectivity index (χ4v) is 1.47. The topological polar surface area (TPSA) is 30.0 Å². The van der Waals surface area contributed by atoms with Crippen molar-refractivity contribution in [3.63, 3.8) is 0 Å². The minimum atomic E-state index is 0.172. The minimum Gasteiger partial charge on any atom is -0.292 e. The van der Waals surface area contributed by atoms with Crippen LogP contribution in [0.15, 0.2) is 18.3 Å². The highest BCUT2D eigenvalue weighted by Crippen LogP contribution is 2.07. The lowest BCUT2D eigenvalue weighted by Gasteiger charge is -2.00. The molecule has 2 nitrogen and oxygen atoms in total. The molecule has 82 valence electrons. The summed E-state index contributed by atoms with van der Waals surface area (Å²) in [6.07, 6.45) is 6.94. The third kappa shape index (κ3) is 4.24. The van der Waals surface area contributed by atoms with Crippen molar-refractivity contribution >= 4 is 5.78 Å². The Morgan fingerprint density at radius 2 is 2.07 bits per heavy atom. The second kappa shape index (κ2) is 6.33. The minimum absolute atomic E-state index is 0.172. The molecule has 0 fully saturated rings. The van der Waals surface area contributed by atoms with Gasteiger partial charge in [-0.1, -0.05) is 32.3 Å². The Morgan fingerprint density at radius 1 is 1.27 bits per heavy atom. The standard InChI is InChI=1S/C13H19NO/c1-3-4-5-6-7-13(15)12-9-8-11(2)10-14-12/h8-10H,3-7H2,1-2H3. The Hall–Kier alpha value is -1.18. The first-order valence-corrected chi connectivity index (χ1v) is 5.70. The van der Waals surface area contributed by atoms with Crippen molar-refractivity contribution in [2.45, 2.75) is 46.0 Å². The number of aromatic nitrogens is 1. The normalized spacial score (nSPS) is 10.3. The van der Waals surface area contributed by atoms with Gasteiger partial charge in [0.05, 0.1) is 0 Å². The Morgan fingerprint density at radius 3 is 2.67 bits per heavy atom. The summed E-state index contributed by atoms with van der Waals surface area (Å²) in [5.41, 5.74) is 1.70. The van der Waals surface area contributed by atoms with Gasteiger partial charge in [0.25, 0.3) is 0 Å². The molecule has 0 aliphatic carbocycles. The van der Waals surface area contributed by atoms with E-state index in [-0.39, 0.29) is 5.78 Å². The van der Waals surface area contributed by atoms with E-state index in [0.29, 0.717) is 12.1 Å². The molecular weight excluding hydrogens is 186 g/mol. The number of hydrogen-bond donors (Lipinski definition) is 0. The van der Waals surface area contributed by atoms with Gasteiger partial charge in [0, 0.05) is 12.6 Å². The summed E-state index contributed by atoms with van der Waals surface area (Å²) in [4.78, 5) is 15.8. The average Bonchev–Trinajstić information content (AvgIpc) is 2.25. The van der Waals surface area contributed by atoms with Gasteiger partial charge < -0.3 is 0 Å². The maximum atomic E-state index is 11.7. The number of carbonyl (C=O) groups excluding carboxylic acids is 1. The Bertz CT molecular complexity index is 303. The molecule has 0 spiro atoms. The van der Waals surface area contributed by atoms with E-state index in [1.165, 1.54) is 12.8 Å². The summed E-state index contributed by atoms with van der Waals surface area (Å²) in [7, 11) is 0. The highest BCUT2D eigenvalue weighted by Gasteiger charge is 2.05. The van der Waals surface area contributed by atoms with Gasteiger partial charge in [-0.15, -0.1) is 0 Å². The zero-order chi connectivity index (χ0) is 11.1. The molecule has 2 heteroatoms. The molecule has 0 amide bonds. The summed E-state index contributed by atoms with van der Waals surface area (Å²) in [5, 5.41) is 0. The molecule has 1 heterocycles. The second-order valence-electron chi connectivity index (χ2n) is 3.95. The van der Waals surface area contributed by atoms with E-state index in [1.807, 2.05) is 19.1 Å². The third-order valence-corrected chi connectivity index (χ3v) is 2.45. The van der Waals surface area contributed by atoms with Crippen molar-refractivity contribution in [1.29, 1.82) is 0 Å². The first kappa shape index (κ1) is 11.9. The number of unbranched alkanes of at least 4 members (excludes halogenated alkanes) is 3. The summed E-state index contributed by atoms with van der Waals surface area (Å²) in [6, 6.07) is 3.75. The van der Waals surface area contributed by atoms with Crippen LogP contribution in [0.5, 0.6) is 0 Å². The summed E-state index contributed by atoms with van der Waals surface area (Å²) in [5.74, 6) is 0.172. The zero-order valence-electron chi connectivity index (χ0n) is 9.62. The number of hydrogen-bond acceptors (Lipinski definition) is 2. The molecular formula is C13H19NO. The molecule has 1 rings (SSSR count). The maximum Gasteiger partial charge on any atom is 0.181 e. The zero-order valence-corrected chi connectivity index (χ0v) is 9.62. The van der Waals surface area contributed by atoms with E-state index >= 15 is 0 Å². The molecule has 0 aliphatic heterocycles. The van der Waals surface area contributed by atoms with E-state index in [9.17, 15) is 4.79 Å². The molecule has 1 aromatic rings. The Labute approximate surface area is 91.7 Å². The number of nitrogens with zero attached hydrogens (tertiary/aromatic N) is 1. The SMILES string of the molecule is CCCCCCC(=O)c1ccc(C)cn1. The lowest BCUT2D eigenvalue weighted by Crippen LogP contribution is -2.01. The van der Waals surface area contributed by atoms with Crippen LogP contribution in [0.3, 0.4) is 0 Å². The highest BCUT2D eigenvalue weighted by atomic mass is 16.1. The van der Waals surface area contributed by atoms with Gasteiger partial charge in [-0.05, 0) is 25.0 Å². The monoisotopic (exact) mass is 205 g/mol. The molecule has 1 aromatic heterocycles. The fraction of sp³-hybridized carbons (Fsp3) is 0.538. The summed E-state index contributed by atoms with van der Waals surface area (Å²) in [6.45, 7) is 4.14. The quantitative estimate of drug-likeness (QED) is 0.525. The van der Waals surface area contributed by atoms with Crippen LogP contribution in [0.4, 0.5) is 0 Å².